The van der Waals surface area contributed by atoms with E-state index in [-0.39, 0.29) is 5.78 Å². The average Bonchev–Trinajstić information content (AvgIpc) is 2.45. The van der Waals surface area contributed by atoms with Crippen LogP contribution in [0.25, 0.3) is 0 Å². The molecule has 0 spiro atoms. The van der Waals surface area contributed by atoms with Gasteiger partial charge in [-0.15, -0.1) is 0 Å². The predicted molar refractivity (Wildman–Crippen MR) is 81.3 cm³/mol. The molecule has 0 bridgehead atoms. The maximum atomic E-state index is 12.3. The molecule has 0 aliphatic rings. The predicted octanol–water partition coefficient (Wildman–Crippen LogP) is 4.17. The first-order valence-electron chi connectivity index (χ1n) is 5.42. The molecule has 3 nitrogen and oxygen atoms in total. The molecule has 0 fully saturated rings. The Labute approximate surface area is 128 Å². The van der Waals surface area contributed by atoms with Crippen LogP contribution in [0, 0.1) is 0 Å². The van der Waals surface area contributed by atoms with Gasteiger partial charge in [0.1, 0.15) is 4.83 Å². The van der Waals surface area contributed by atoms with Crippen LogP contribution in [0.2, 0.25) is 5.02 Å². The molecular weight excluding hydrogens is 348 g/mol. The number of benzene rings is 1. The quantitative estimate of drug-likeness (QED) is 0.356. The number of hydrogen-bond donors (Lipinski definition) is 0. The van der Waals surface area contributed by atoms with E-state index in [2.05, 4.69) is 25.9 Å². The normalized spacial score (nSPS) is 12.2. The van der Waals surface area contributed by atoms with Gasteiger partial charge in [0, 0.05) is 16.8 Å². The molecule has 0 radical (unpaired) electrons. The Kier molecular flexibility index (Phi) is 4.96. The number of ketones is 1. The van der Waals surface area contributed by atoms with Crippen molar-refractivity contribution < 1.29 is 4.79 Å². The molecule has 1 heterocycles. The van der Waals surface area contributed by atoms with Crippen LogP contribution in [-0.2, 0) is 0 Å². The van der Waals surface area contributed by atoms with Crippen LogP contribution >= 0.6 is 39.3 Å². The summed E-state index contributed by atoms with van der Waals surface area (Å²) in [6.45, 7) is 0. The number of halogens is 2. The lowest BCUT2D eigenvalue weighted by molar-refractivity contribution is 0.0990. The van der Waals surface area contributed by atoms with Crippen molar-refractivity contribution in [2.75, 3.05) is 6.26 Å². The van der Waals surface area contributed by atoms with Crippen molar-refractivity contribution in [2.45, 2.75) is 9.98 Å². The Morgan fingerprint density at radius 1 is 1.42 bits per heavy atom. The molecule has 1 aromatic heterocycles. The van der Waals surface area contributed by atoms with Gasteiger partial charge in [0.2, 0.25) is 0 Å². The highest BCUT2D eigenvalue weighted by Crippen LogP contribution is 2.27. The number of alkyl halides is 1. The zero-order valence-corrected chi connectivity index (χ0v) is 13.2. The maximum absolute atomic E-state index is 12.3. The van der Waals surface area contributed by atoms with Crippen molar-refractivity contribution in [3.05, 3.63) is 52.8 Å². The summed E-state index contributed by atoms with van der Waals surface area (Å²) < 4.78 is 0. The Morgan fingerprint density at radius 2 is 2.21 bits per heavy atom. The van der Waals surface area contributed by atoms with Gasteiger partial charge in [0.15, 0.2) is 10.9 Å². The third-order valence-corrected chi connectivity index (χ3v) is 4.12. The van der Waals surface area contributed by atoms with Crippen molar-refractivity contribution >= 4 is 45.1 Å². The molecule has 1 unspecified atom stereocenters. The first-order valence-corrected chi connectivity index (χ1v) is 7.94. The topological polar surface area (TPSA) is 42.9 Å². The van der Waals surface area contributed by atoms with Crippen LogP contribution in [0.15, 0.2) is 41.7 Å². The van der Waals surface area contributed by atoms with E-state index in [0.29, 0.717) is 21.4 Å². The second-order valence-corrected chi connectivity index (χ2v) is 5.83. The molecule has 0 saturated carbocycles. The summed E-state index contributed by atoms with van der Waals surface area (Å²) in [7, 11) is 0. The number of carbonyl (C=O) groups is 1. The molecule has 6 heteroatoms. The first-order chi connectivity index (χ1) is 9.11. The van der Waals surface area contributed by atoms with Gasteiger partial charge in [-0.25, -0.2) is 9.97 Å². The standard InChI is InChI=1S/C13H10BrClN2OS/c1-19-13-16-6-5-10(17-13)11(14)12(18)8-3-2-4-9(15)7-8/h2-7,11H,1H3. The van der Waals surface area contributed by atoms with Crippen molar-refractivity contribution in [2.24, 2.45) is 0 Å². The number of aromatic nitrogens is 2. The van der Waals surface area contributed by atoms with Gasteiger partial charge in [-0.2, -0.15) is 0 Å². The van der Waals surface area contributed by atoms with Crippen LogP contribution in [-0.4, -0.2) is 22.0 Å². The van der Waals surface area contributed by atoms with E-state index in [1.807, 2.05) is 6.26 Å². The summed E-state index contributed by atoms with van der Waals surface area (Å²) in [6, 6.07) is 8.59. The Hall–Kier alpha value is -0.910. The van der Waals surface area contributed by atoms with Gasteiger partial charge in [-0.3, -0.25) is 4.79 Å². The van der Waals surface area contributed by atoms with Crippen LogP contribution in [0.1, 0.15) is 20.9 Å². The summed E-state index contributed by atoms with van der Waals surface area (Å²) in [4.78, 5) is 20.2. The van der Waals surface area contributed by atoms with E-state index in [1.165, 1.54) is 11.8 Å². The summed E-state index contributed by atoms with van der Waals surface area (Å²) in [5.41, 5.74) is 1.20. The Morgan fingerprint density at radius 3 is 2.89 bits per heavy atom. The molecule has 19 heavy (non-hydrogen) atoms. The number of nitrogens with zero attached hydrogens (tertiary/aromatic N) is 2. The average molecular weight is 358 g/mol. The molecule has 0 N–H and O–H groups in total. The lowest BCUT2D eigenvalue weighted by atomic mass is 10.1. The second kappa shape index (κ2) is 6.50. The lowest BCUT2D eigenvalue weighted by Crippen LogP contribution is -2.09. The first kappa shape index (κ1) is 14.5. The smallest absolute Gasteiger partial charge is 0.187 e. The monoisotopic (exact) mass is 356 g/mol. The number of thioether (sulfide) groups is 1. The van der Waals surface area contributed by atoms with Crippen molar-refractivity contribution in [3.8, 4) is 0 Å². The number of carbonyl (C=O) groups excluding carboxylic acids is 1. The van der Waals surface area contributed by atoms with Crippen LogP contribution < -0.4 is 0 Å². The fourth-order valence-electron chi connectivity index (χ4n) is 1.52. The van der Waals surface area contributed by atoms with E-state index in [0.717, 1.165) is 0 Å². The van der Waals surface area contributed by atoms with Crippen molar-refractivity contribution in [3.63, 3.8) is 0 Å². The molecule has 0 aliphatic heterocycles. The SMILES string of the molecule is CSc1nccc(C(Br)C(=O)c2cccc(Cl)c2)n1. The van der Waals surface area contributed by atoms with Gasteiger partial charge in [0.25, 0.3) is 0 Å². The molecular formula is C13H10BrClN2OS. The lowest BCUT2D eigenvalue weighted by Gasteiger charge is -2.09. The second-order valence-electron chi connectivity index (χ2n) is 3.71. The van der Waals surface area contributed by atoms with Gasteiger partial charge in [0.05, 0.1) is 5.69 Å². The largest absolute Gasteiger partial charge is 0.292 e. The van der Waals surface area contributed by atoms with Gasteiger partial charge >= 0.3 is 0 Å². The summed E-state index contributed by atoms with van der Waals surface area (Å²) in [5.74, 6) is -0.0757. The Bertz CT molecular complexity index is 609. The Balaban J connectivity index is 2.28. The number of hydrogen-bond acceptors (Lipinski definition) is 4. The molecule has 0 aliphatic carbocycles. The minimum Gasteiger partial charge on any atom is -0.292 e. The van der Waals surface area contributed by atoms with Crippen LogP contribution in [0.3, 0.4) is 0 Å². The van der Waals surface area contributed by atoms with Gasteiger partial charge in [-0.05, 0) is 24.5 Å². The molecule has 0 amide bonds. The van der Waals surface area contributed by atoms with Crippen molar-refractivity contribution in [1.29, 1.82) is 0 Å². The van der Waals surface area contributed by atoms with E-state index in [4.69, 9.17) is 11.6 Å². The molecule has 1 aromatic carbocycles. The third kappa shape index (κ3) is 3.55. The van der Waals surface area contributed by atoms with Crippen molar-refractivity contribution in [1.82, 2.24) is 9.97 Å². The maximum Gasteiger partial charge on any atom is 0.187 e. The summed E-state index contributed by atoms with van der Waals surface area (Å²) in [6.07, 6.45) is 3.54. The van der Waals surface area contributed by atoms with Gasteiger partial charge in [-0.1, -0.05) is 51.4 Å². The van der Waals surface area contributed by atoms with Crippen LogP contribution in [0.4, 0.5) is 0 Å². The van der Waals surface area contributed by atoms with E-state index < -0.39 is 4.83 Å². The summed E-state index contributed by atoms with van der Waals surface area (Å²) >= 11 is 10.7. The zero-order chi connectivity index (χ0) is 13.8. The summed E-state index contributed by atoms with van der Waals surface area (Å²) in [5, 5.41) is 1.18. The van der Waals surface area contributed by atoms with Crippen LogP contribution in [0.5, 0.6) is 0 Å². The zero-order valence-electron chi connectivity index (χ0n) is 10.0. The minimum atomic E-state index is -0.500. The fraction of sp³-hybridized carbons (Fsp3) is 0.154. The molecule has 2 rings (SSSR count). The molecule has 0 saturated heterocycles. The molecule has 1 atom stereocenters. The third-order valence-electron chi connectivity index (χ3n) is 2.44. The number of rotatable bonds is 4. The van der Waals surface area contributed by atoms with E-state index in [1.54, 1.807) is 36.5 Å². The minimum absolute atomic E-state index is 0.0757. The highest BCUT2D eigenvalue weighted by Gasteiger charge is 2.20. The highest BCUT2D eigenvalue weighted by atomic mass is 79.9. The van der Waals surface area contributed by atoms with E-state index in [9.17, 15) is 4.79 Å². The molecule has 2 aromatic rings. The van der Waals surface area contributed by atoms with E-state index >= 15 is 0 Å². The molecule has 98 valence electrons. The highest BCUT2D eigenvalue weighted by molar-refractivity contribution is 9.09. The fourth-order valence-corrected chi connectivity index (χ4v) is 2.59. The van der Waals surface area contributed by atoms with Gasteiger partial charge < -0.3 is 0 Å². The number of Topliss-reactive ketones (excluding diaryl/α,β-unsaturated/α-hetero) is 1.